The fourth-order valence-corrected chi connectivity index (χ4v) is 19.5. The molecule has 16 rings (SSSR count). The summed E-state index contributed by atoms with van der Waals surface area (Å²) in [6.07, 6.45) is 5.63. The van der Waals surface area contributed by atoms with Gasteiger partial charge in [-0.2, -0.15) is 17.5 Å². The maximum absolute atomic E-state index is 14.2. The number of thiophene rings is 2. The Hall–Kier alpha value is -8.49. The lowest BCUT2D eigenvalue weighted by atomic mass is 9.61. The zero-order valence-electron chi connectivity index (χ0n) is 50.7. The number of Topliss-reactive ketones (excluding diaryl/α,β-unsaturated/α-hetero) is 2. The second-order valence-corrected chi connectivity index (χ2v) is 29.4. The van der Waals surface area contributed by atoms with E-state index >= 15 is 0 Å². The normalized spacial score (nSPS) is 20.0. The topological polar surface area (TPSA) is 137 Å². The molecule has 92 heavy (non-hydrogen) atoms. The van der Waals surface area contributed by atoms with Crippen molar-refractivity contribution in [1.29, 1.82) is 0 Å². The summed E-state index contributed by atoms with van der Waals surface area (Å²) in [7, 11) is 0. The quantitative estimate of drug-likeness (QED) is 0.0806. The largest absolute Gasteiger partial charge is 0.301 e. The van der Waals surface area contributed by atoms with Crippen molar-refractivity contribution in [3.63, 3.8) is 0 Å². The van der Waals surface area contributed by atoms with Crippen molar-refractivity contribution in [2.75, 3.05) is 16.3 Å². The van der Waals surface area contributed by atoms with E-state index in [1.807, 2.05) is 19.1 Å². The number of carbonyl (C=O) groups excluding carboxylic acids is 3. The molecule has 8 aromatic carbocycles. The van der Waals surface area contributed by atoms with E-state index in [4.69, 9.17) is 39.7 Å². The molecule has 12 aromatic rings. The number of thiocarbonyl (C=S) groups is 1. The van der Waals surface area contributed by atoms with E-state index in [0.29, 0.717) is 61.8 Å². The average Bonchev–Trinajstić information content (AvgIpc) is 1.60. The number of anilines is 6. The van der Waals surface area contributed by atoms with Crippen molar-refractivity contribution < 1.29 is 14.4 Å². The van der Waals surface area contributed by atoms with Gasteiger partial charge in [0.15, 0.2) is 5.04 Å². The van der Waals surface area contributed by atoms with Gasteiger partial charge >= 0.3 is 0 Å². The first-order chi connectivity index (χ1) is 44.9. The number of hydrogen-bond acceptors (Lipinski definition) is 17. The highest BCUT2D eigenvalue weighted by Crippen LogP contribution is 2.55. The minimum Gasteiger partial charge on any atom is -0.301 e. The van der Waals surface area contributed by atoms with Crippen LogP contribution in [-0.2, 0) is 20.8 Å². The highest BCUT2D eigenvalue weighted by Gasteiger charge is 2.53. The summed E-state index contributed by atoms with van der Waals surface area (Å²) in [5.41, 5.74) is 15.4. The smallest absolute Gasteiger partial charge is 0.284 e. The van der Waals surface area contributed by atoms with Crippen LogP contribution in [0.4, 0.5) is 44.1 Å². The Kier molecular flexibility index (Phi) is 15.2. The van der Waals surface area contributed by atoms with Crippen LogP contribution in [0, 0.1) is 50.4 Å². The molecule has 3 aliphatic carbocycles. The molecule has 1 saturated heterocycles. The number of hydrogen-bond donors (Lipinski definition) is 0. The number of aliphatic imine (C=N–C) groups is 2. The summed E-state index contributed by atoms with van der Waals surface area (Å²) in [5.74, 6) is -0.235. The summed E-state index contributed by atoms with van der Waals surface area (Å²) in [4.78, 5) is 59.9. The molecule has 5 unspecified atom stereocenters. The molecule has 0 spiro atoms. The number of thioether (sulfide) groups is 1. The molecular weight excluding hydrogens is 1260 g/mol. The molecule has 0 bridgehead atoms. The van der Waals surface area contributed by atoms with Gasteiger partial charge in [0.1, 0.15) is 36.4 Å². The van der Waals surface area contributed by atoms with Gasteiger partial charge in [-0.15, -0.1) is 22.7 Å². The molecule has 3 saturated carbocycles. The summed E-state index contributed by atoms with van der Waals surface area (Å²) < 4.78 is 19.8. The minimum absolute atomic E-state index is 0.190. The summed E-state index contributed by atoms with van der Waals surface area (Å²) in [6.45, 7) is 8.74. The lowest BCUT2D eigenvalue weighted by Crippen LogP contribution is -2.37. The molecule has 4 aliphatic rings. The monoisotopic (exact) mass is 1310 g/mol. The first kappa shape index (κ1) is 58.6. The summed E-state index contributed by atoms with van der Waals surface area (Å²) in [6, 6.07) is 60.4. The first-order valence-corrected chi connectivity index (χ1v) is 35.5. The Bertz CT molecular complexity index is 4980. The van der Waals surface area contributed by atoms with E-state index in [9.17, 15) is 14.4 Å². The van der Waals surface area contributed by atoms with E-state index in [-0.39, 0.29) is 23.5 Å². The number of benzene rings is 8. The minimum atomic E-state index is -0.439. The highest BCUT2D eigenvalue weighted by atomic mass is 32.2. The third kappa shape index (κ3) is 10.3. The van der Waals surface area contributed by atoms with E-state index in [1.165, 1.54) is 34.0 Å². The van der Waals surface area contributed by atoms with Gasteiger partial charge in [-0.3, -0.25) is 19.3 Å². The average molecular weight is 1310 g/mol. The highest BCUT2D eigenvalue weighted by molar-refractivity contribution is 8.35. The molecule has 18 heteroatoms. The molecule has 12 nitrogen and oxygen atoms in total. The molecule has 1 aliphatic heterocycles. The number of aryl methyl sites for hydroxylation is 3. The Labute approximate surface area is 558 Å². The van der Waals surface area contributed by atoms with Gasteiger partial charge in [0.05, 0.1) is 40.5 Å². The lowest BCUT2D eigenvalue weighted by molar-refractivity contribution is -0.135. The van der Waals surface area contributed by atoms with Crippen molar-refractivity contribution in [3.05, 3.63) is 192 Å². The fraction of sp³-hybridized carbons (Fsp3) is 0.216. The zero-order valence-corrected chi connectivity index (χ0v) is 55.6. The number of fused-ring (bicyclic) bond motifs is 6. The maximum Gasteiger partial charge on any atom is 0.284 e. The van der Waals surface area contributed by atoms with Crippen molar-refractivity contribution >= 4 is 190 Å². The number of ketones is 2. The van der Waals surface area contributed by atoms with Gasteiger partial charge in [-0.1, -0.05) is 126 Å². The number of rotatable bonds is 13. The number of amides is 1. The van der Waals surface area contributed by atoms with Crippen molar-refractivity contribution in [1.82, 2.24) is 22.4 Å². The van der Waals surface area contributed by atoms with E-state index in [0.717, 1.165) is 148 Å². The number of aromatic nitrogens is 4. The maximum atomic E-state index is 14.2. The molecule has 0 N–H and O–H groups in total. The zero-order chi connectivity index (χ0) is 62.5. The van der Waals surface area contributed by atoms with Crippen LogP contribution in [0.2, 0.25) is 0 Å². The Morgan fingerprint density at radius 3 is 1.49 bits per heavy atom. The molecule has 5 atom stereocenters. The molecule has 4 fully saturated rings. The molecular formula is C74H59N9O3S6. The fourth-order valence-electron chi connectivity index (χ4n) is 14.4. The SMILES string of the molecule is CCN1C(=O)C(=Nc2ccc(-c3sc(N(c4ccc(C)cc4)c4ccc(CC5CCC6CC7C(=O)C(=O)C(=Nc8ccc(-c9sc(N(c%10ccc(C)cc%10)c%10ccc(C)cc%10)c%10ccccc9%10)c9nsnc89)C7CC6C5)cc4)c4ccccc34)c3nsnc23)SC1=S. The van der Waals surface area contributed by atoms with Gasteiger partial charge in [-0.05, 0) is 174 Å². The van der Waals surface area contributed by atoms with Crippen LogP contribution in [0.15, 0.2) is 180 Å². The lowest BCUT2D eigenvalue weighted by Gasteiger charge is -2.43. The standard InChI is InChI=1S/C74H59N9O3S6/c1-5-81-71(86)70(90-74(81)87)76-60-35-33-56(62-65(60)80-92-78-62)69-52-11-7-9-13-54(52)73(89-69)83(49-28-18-42(4)19-29-49)50-30-21-43(22-31-50)36-44-20-23-45-38-58-57(39-46(45)37-44)63(67(85)66(58)84)75-59-34-32-55(61-64(59)79-91-77-61)68-51-10-6-8-12-53(51)72(88-68)82(47-24-14-40(2)15-25-47)48-26-16-41(3)17-27-48/h6-19,21-22,24-35,44-46,57-58H,5,20,23,36-39H2,1-4H3. The predicted molar refractivity (Wildman–Crippen MR) is 386 cm³/mol. The molecule has 5 heterocycles. The van der Waals surface area contributed by atoms with Crippen LogP contribution in [-0.4, -0.2) is 61.5 Å². The van der Waals surface area contributed by atoms with Crippen LogP contribution in [0.3, 0.4) is 0 Å². The van der Waals surface area contributed by atoms with Gasteiger partial charge in [0, 0.05) is 83.6 Å². The van der Waals surface area contributed by atoms with E-state index in [2.05, 4.69) is 188 Å². The Balaban J connectivity index is 0.663. The van der Waals surface area contributed by atoms with Crippen molar-refractivity contribution in [2.45, 2.75) is 66.2 Å². The third-order valence-electron chi connectivity index (χ3n) is 19.1. The van der Waals surface area contributed by atoms with Crippen LogP contribution < -0.4 is 9.80 Å². The molecule has 1 amide bonds. The van der Waals surface area contributed by atoms with E-state index in [1.54, 1.807) is 27.6 Å². The third-order valence-corrected chi connectivity index (χ3v) is 23.9. The van der Waals surface area contributed by atoms with Gasteiger partial charge < -0.3 is 9.80 Å². The van der Waals surface area contributed by atoms with Gasteiger partial charge in [-0.25, -0.2) is 9.98 Å². The second-order valence-electron chi connectivity index (χ2n) is 24.7. The van der Waals surface area contributed by atoms with Crippen molar-refractivity contribution in [3.8, 4) is 20.9 Å². The number of carbonyl (C=O) groups is 3. The van der Waals surface area contributed by atoms with Crippen LogP contribution in [0.25, 0.3) is 64.5 Å². The molecule has 0 radical (unpaired) electrons. The van der Waals surface area contributed by atoms with Crippen LogP contribution >= 0.6 is 70.1 Å². The summed E-state index contributed by atoms with van der Waals surface area (Å²) in [5, 5.41) is 7.00. The van der Waals surface area contributed by atoms with Crippen molar-refractivity contribution in [2.24, 2.45) is 39.6 Å². The number of nitrogens with zero attached hydrogens (tertiary/aromatic N) is 9. The van der Waals surface area contributed by atoms with Crippen LogP contribution in [0.5, 0.6) is 0 Å². The summed E-state index contributed by atoms with van der Waals surface area (Å²) >= 11 is 12.5. The van der Waals surface area contributed by atoms with Crippen LogP contribution in [0.1, 0.15) is 61.3 Å². The van der Waals surface area contributed by atoms with Gasteiger partial charge in [0.2, 0.25) is 11.6 Å². The van der Waals surface area contributed by atoms with E-state index < -0.39 is 5.78 Å². The first-order valence-electron chi connectivity index (χ1n) is 31.2. The molecule has 4 aromatic heterocycles. The molecule has 454 valence electrons. The Morgan fingerprint density at radius 1 is 0.522 bits per heavy atom. The predicted octanol–water partition coefficient (Wildman–Crippen LogP) is 19.8. The van der Waals surface area contributed by atoms with Gasteiger partial charge in [0.25, 0.3) is 5.91 Å². The second kappa shape index (κ2) is 23.9. The Morgan fingerprint density at radius 2 is 0.989 bits per heavy atom.